The molecule has 0 aliphatic heterocycles. The van der Waals surface area contributed by atoms with Crippen LogP contribution in [-0.2, 0) is 0 Å². The summed E-state index contributed by atoms with van der Waals surface area (Å²) < 4.78 is 1.97. The number of aryl methyl sites for hydroxylation is 2. The minimum atomic E-state index is 0.764. The van der Waals surface area contributed by atoms with E-state index in [-0.39, 0.29) is 0 Å². The van der Waals surface area contributed by atoms with Crippen molar-refractivity contribution in [2.24, 2.45) is 5.92 Å². The van der Waals surface area contributed by atoms with Gasteiger partial charge in [0.25, 0.3) is 0 Å². The van der Waals surface area contributed by atoms with Gasteiger partial charge in [0.15, 0.2) is 6.61 Å². The van der Waals surface area contributed by atoms with Crippen molar-refractivity contribution in [1.29, 1.82) is 0 Å². The van der Waals surface area contributed by atoms with E-state index in [4.69, 9.17) is 4.84 Å². The zero-order chi connectivity index (χ0) is 11.4. The molecular weight excluding hydrogens is 198 g/mol. The maximum Gasteiger partial charge on any atom is 0.231 e. The van der Waals surface area contributed by atoms with E-state index in [2.05, 4.69) is 32.0 Å². The Hall–Kier alpha value is -1.05. The van der Waals surface area contributed by atoms with Crippen LogP contribution in [0.25, 0.3) is 0 Å². The van der Waals surface area contributed by atoms with Gasteiger partial charge in [0.05, 0.1) is 0 Å². The van der Waals surface area contributed by atoms with Crippen LogP contribution in [0.5, 0.6) is 0 Å². The molecule has 1 heterocycles. The second-order valence-corrected chi connectivity index (χ2v) is 4.90. The van der Waals surface area contributed by atoms with Crippen molar-refractivity contribution in [2.75, 3.05) is 6.61 Å². The van der Waals surface area contributed by atoms with Gasteiger partial charge in [-0.15, -0.1) is 0 Å². The van der Waals surface area contributed by atoms with Gasteiger partial charge in [-0.1, -0.05) is 19.3 Å². The maximum atomic E-state index is 5.92. The van der Waals surface area contributed by atoms with Crippen molar-refractivity contribution in [1.82, 2.24) is 0 Å². The number of nitrogens with zero attached hydrogens (tertiary/aromatic N) is 1. The first-order chi connectivity index (χ1) is 7.77. The molecule has 1 aliphatic rings. The van der Waals surface area contributed by atoms with Crippen molar-refractivity contribution >= 4 is 0 Å². The molecular formula is C14H22NO+. The first-order valence-electron chi connectivity index (χ1n) is 6.39. The van der Waals surface area contributed by atoms with Gasteiger partial charge in [-0.05, 0) is 24.8 Å². The van der Waals surface area contributed by atoms with Crippen LogP contribution < -0.4 is 9.57 Å². The van der Waals surface area contributed by atoms with E-state index in [1.807, 2.05) is 4.73 Å². The standard InChI is InChI=1S/C14H22NO/c1-12-7-6-8-13(2)15(12)16-11-14-9-4-3-5-10-14/h6-8,14H,3-5,9-11H2,1-2H3/q+1. The molecule has 0 N–H and O–H groups in total. The molecule has 1 aromatic rings. The summed E-state index contributed by atoms with van der Waals surface area (Å²) >= 11 is 0. The molecule has 1 saturated carbocycles. The molecule has 0 bridgehead atoms. The lowest BCUT2D eigenvalue weighted by atomic mass is 9.90. The number of aromatic nitrogens is 1. The Morgan fingerprint density at radius 3 is 2.38 bits per heavy atom. The SMILES string of the molecule is Cc1cccc(C)[n+]1OCC1CCCCC1. The van der Waals surface area contributed by atoms with E-state index in [0.29, 0.717) is 0 Å². The number of hydrogen-bond donors (Lipinski definition) is 0. The molecule has 2 heteroatoms. The second-order valence-electron chi connectivity index (χ2n) is 4.90. The molecule has 0 unspecified atom stereocenters. The zero-order valence-electron chi connectivity index (χ0n) is 10.4. The summed E-state index contributed by atoms with van der Waals surface area (Å²) in [5.41, 5.74) is 2.35. The van der Waals surface area contributed by atoms with Gasteiger partial charge in [-0.25, -0.2) is 0 Å². The zero-order valence-corrected chi connectivity index (χ0v) is 10.4. The summed E-state index contributed by atoms with van der Waals surface area (Å²) in [6.45, 7) is 5.05. The van der Waals surface area contributed by atoms with Crippen LogP contribution in [0.1, 0.15) is 43.5 Å². The van der Waals surface area contributed by atoms with E-state index >= 15 is 0 Å². The highest BCUT2D eigenvalue weighted by molar-refractivity contribution is 5.00. The molecule has 2 rings (SSSR count). The monoisotopic (exact) mass is 220 g/mol. The topological polar surface area (TPSA) is 13.1 Å². The lowest BCUT2D eigenvalue weighted by Crippen LogP contribution is -2.49. The first-order valence-corrected chi connectivity index (χ1v) is 6.39. The van der Waals surface area contributed by atoms with Crippen LogP contribution in [0.15, 0.2) is 18.2 Å². The summed E-state index contributed by atoms with van der Waals surface area (Å²) in [6, 6.07) is 6.26. The third-order valence-corrected chi connectivity index (χ3v) is 3.48. The van der Waals surface area contributed by atoms with Crippen molar-refractivity contribution in [3.8, 4) is 0 Å². The first kappa shape index (κ1) is 11.4. The smallest absolute Gasteiger partial charge is 0.231 e. The normalized spacial score (nSPS) is 17.4. The second kappa shape index (κ2) is 5.33. The summed E-state index contributed by atoms with van der Waals surface area (Å²) in [5.74, 6) is 0.764. The largest absolute Gasteiger partial charge is 0.271 e. The summed E-state index contributed by atoms with van der Waals surface area (Å²) in [4.78, 5) is 5.92. The van der Waals surface area contributed by atoms with Crippen LogP contribution in [-0.4, -0.2) is 6.61 Å². The summed E-state index contributed by atoms with van der Waals surface area (Å²) in [5, 5.41) is 0. The minimum Gasteiger partial charge on any atom is -0.271 e. The van der Waals surface area contributed by atoms with Gasteiger partial charge in [-0.3, -0.25) is 4.84 Å². The van der Waals surface area contributed by atoms with Crippen molar-refractivity contribution in [3.63, 3.8) is 0 Å². The molecule has 0 radical (unpaired) electrons. The Morgan fingerprint density at radius 2 is 1.75 bits per heavy atom. The van der Waals surface area contributed by atoms with Crippen LogP contribution in [0.2, 0.25) is 0 Å². The number of hydrogen-bond acceptors (Lipinski definition) is 1. The highest BCUT2D eigenvalue weighted by Gasteiger charge is 2.18. The molecule has 1 fully saturated rings. The van der Waals surface area contributed by atoms with E-state index in [1.54, 1.807) is 0 Å². The fourth-order valence-electron chi connectivity index (χ4n) is 2.48. The molecule has 0 saturated heterocycles. The fourth-order valence-corrected chi connectivity index (χ4v) is 2.48. The van der Waals surface area contributed by atoms with Crippen molar-refractivity contribution < 1.29 is 9.57 Å². The Labute approximate surface area is 98.2 Å². The number of rotatable bonds is 3. The molecule has 1 aromatic heterocycles. The van der Waals surface area contributed by atoms with Gasteiger partial charge < -0.3 is 0 Å². The van der Waals surface area contributed by atoms with E-state index in [9.17, 15) is 0 Å². The van der Waals surface area contributed by atoms with E-state index in [1.165, 1.54) is 43.5 Å². The Morgan fingerprint density at radius 1 is 1.12 bits per heavy atom. The van der Waals surface area contributed by atoms with Gasteiger partial charge in [-0.2, -0.15) is 0 Å². The van der Waals surface area contributed by atoms with Crippen LogP contribution in [0.3, 0.4) is 0 Å². The quantitative estimate of drug-likeness (QED) is 0.714. The Bertz CT molecular complexity index is 322. The molecule has 0 aromatic carbocycles. The maximum absolute atomic E-state index is 5.92. The van der Waals surface area contributed by atoms with Crippen LogP contribution >= 0.6 is 0 Å². The molecule has 2 nitrogen and oxygen atoms in total. The average molecular weight is 220 g/mol. The molecule has 0 atom stereocenters. The molecule has 0 amide bonds. The summed E-state index contributed by atoms with van der Waals surface area (Å²) in [7, 11) is 0. The van der Waals surface area contributed by atoms with Gasteiger partial charge in [0.1, 0.15) is 0 Å². The summed E-state index contributed by atoms with van der Waals surface area (Å²) in [6.07, 6.45) is 6.85. The van der Waals surface area contributed by atoms with Crippen LogP contribution in [0, 0.1) is 19.8 Å². The van der Waals surface area contributed by atoms with Gasteiger partial charge >= 0.3 is 0 Å². The Balaban J connectivity index is 1.93. The Kier molecular flexibility index (Phi) is 3.81. The van der Waals surface area contributed by atoms with Crippen molar-refractivity contribution in [3.05, 3.63) is 29.6 Å². The van der Waals surface area contributed by atoms with Gasteiger partial charge in [0, 0.05) is 30.7 Å². The molecule has 88 valence electrons. The molecule has 0 spiro atoms. The molecule has 16 heavy (non-hydrogen) atoms. The minimum absolute atomic E-state index is 0.764. The van der Waals surface area contributed by atoms with Crippen LogP contribution in [0.4, 0.5) is 0 Å². The van der Waals surface area contributed by atoms with E-state index in [0.717, 1.165) is 12.5 Å². The predicted molar refractivity (Wildman–Crippen MR) is 64.1 cm³/mol. The lowest BCUT2D eigenvalue weighted by Gasteiger charge is -2.19. The van der Waals surface area contributed by atoms with Crippen molar-refractivity contribution in [2.45, 2.75) is 46.0 Å². The highest BCUT2D eigenvalue weighted by atomic mass is 16.7. The lowest BCUT2D eigenvalue weighted by molar-refractivity contribution is -0.900. The molecule has 1 aliphatic carbocycles. The third-order valence-electron chi connectivity index (χ3n) is 3.48. The average Bonchev–Trinajstić information content (AvgIpc) is 2.30. The highest BCUT2D eigenvalue weighted by Crippen LogP contribution is 2.22. The van der Waals surface area contributed by atoms with Gasteiger partial charge in [0.2, 0.25) is 11.4 Å². The fraction of sp³-hybridized carbons (Fsp3) is 0.643. The predicted octanol–water partition coefficient (Wildman–Crippen LogP) is 2.60. The third kappa shape index (κ3) is 2.75. The van der Waals surface area contributed by atoms with E-state index < -0.39 is 0 Å². The number of pyridine rings is 1.